The Labute approximate surface area is 110 Å². The van der Waals surface area contributed by atoms with Crippen LogP contribution in [0.1, 0.15) is 11.1 Å². The lowest BCUT2D eigenvalue weighted by molar-refractivity contribution is 0.768. The molecule has 92 valence electrons. The maximum absolute atomic E-state index is 9.46. The molecule has 1 aromatic carbocycles. The highest BCUT2D eigenvalue weighted by atomic mass is 15.2. The van der Waals surface area contributed by atoms with Gasteiger partial charge in [-0.15, -0.1) is 0 Å². The highest BCUT2D eigenvalue weighted by Crippen LogP contribution is 2.28. The molecule has 19 heavy (non-hydrogen) atoms. The second kappa shape index (κ2) is 4.21. The highest BCUT2D eigenvalue weighted by Gasteiger charge is 2.12. The number of nitriles is 1. The van der Waals surface area contributed by atoms with Gasteiger partial charge in [0.2, 0.25) is 0 Å². The van der Waals surface area contributed by atoms with Crippen LogP contribution < -0.4 is 0 Å². The molecule has 2 heterocycles. The van der Waals surface area contributed by atoms with E-state index in [1.807, 2.05) is 44.6 Å². The zero-order valence-corrected chi connectivity index (χ0v) is 10.8. The largest absolute Gasteiger partial charge is 0.275 e. The molecule has 0 saturated carbocycles. The summed E-state index contributed by atoms with van der Waals surface area (Å²) in [5.74, 6) is 0. The molecule has 0 amide bonds. The lowest BCUT2D eigenvalue weighted by Gasteiger charge is -2.06. The Bertz CT molecular complexity index is 809. The maximum atomic E-state index is 9.46. The van der Waals surface area contributed by atoms with Crippen molar-refractivity contribution in [1.82, 2.24) is 14.8 Å². The van der Waals surface area contributed by atoms with Gasteiger partial charge in [0.1, 0.15) is 6.07 Å². The number of benzene rings is 1. The van der Waals surface area contributed by atoms with Crippen molar-refractivity contribution in [2.24, 2.45) is 7.05 Å². The van der Waals surface area contributed by atoms with Crippen molar-refractivity contribution >= 4 is 10.8 Å². The fraction of sp³-hybridized carbons (Fsp3) is 0.133. The van der Waals surface area contributed by atoms with Gasteiger partial charge in [-0.05, 0) is 12.5 Å². The average Bonchev–Trinajstić information content (AvgIpc) is 2.84. The summed E-state index contributed by atoms with van der Waals surface area (Å²) < 4.78 is 1.71. The Hall–Kier alpha value is -2.67. The van der Waals surface area contributed by atoms with Crippen molar-refractivity contribution in [1.29, 1.82) is 5.26 Å². The van der Waals surface area contributed by atoms with Crippen LogP contribution in [-0.4, -0.2) is 14.8 Å². The van der Waals surface area contributed by atoms with E-state index in [-0.39, 0.29) is 0 Å². The fourth-order valence-corrected chi connectivity index (χ4v) is 2.27. The average molecular weight is 248 g/mol. The van der Waals surface area contributed by atoms with Gasteiger partial charge in [0, 0.05) is 35.8 Å². The molecule has 0 bridgehead atoms. The Morgan fingerprint density at radius 2 is 2.05 bits per heavy atom. The van der Waals surface area contributed by atoms with Gasteiger partial charge < -0.3 is 0 Å². The van der Waals surface area contributed by atoms with Crippen LogP contribution in [0.2, 0.25) is 0 Å². The summed E-state index contributed by atoms with van der Waals surface area (Å²) in [5.41, 5.74) is 3.28. The topological polar surface area (TPSA) is 54.5 Å². The van der Waals surface area contributed by atoms with E-state index in [1.165, 1.54) is 0 Å². The minimum Gasteiger partial charge on any atom is -0.275 e. The minimum absolute atomic E-state index is 0.606. The summed E-state index contributed by atoms with van der Waals surface area (Å²) in [7, 11) is 1.85. The smallest absolute Gasteiger partial charge is 0.102 e. The molecule has 4 nitrogen and oxygen atoms in total. The van der Waals surface area contributed by atoms with E-state index in [0.717, 1.165) is 21.9 Å². The first-order chi connectivity index (χ1) is 9.20. The van der Waals surface area contributed by atoms with Gasteiger partial charge in [0.05, 0.1) is 17.5 Å². The number of pyridine rings is 1. The van der Waals surface area contributed by atoms with Crippen molar-refractivity contribution in [3.63, 3.8) is 0 Å². The summed E-state index contributed by atoms with van der Waals surface area (Å²) >= 11 is 0. The lowest BCUT2D eigenvalue weighted by atomic mass is 10.00. The van der Waals surface area contributed by atoms with E-state index in [1.54, 1.807) is 10.9 Å². The molecule has 0 aliphatic carbocycles. The molecule has 3 rings (SSSR count). The molecule has 0 atom stereocenters. The number of aromatic nitrogens is 3. The summed E-state index contributed by atoms with van der Waals surface area (Å²) in [6, 6.07) is 8.22. The molecule has 0 spiro atoms. The molecular weight excluding hydrogens is 236 g/mol. The first kappa shape index (κ1) is 11.4. The van der Waals surface area contributed by atoms with Crippen LogP contribution in [0.25, 0.3) is 22.0 Å². The molecule has 0 radical (unpaired) electrons. The van der Waals surface area contributed by atoms with Crippen molar-refractivity contribution in [2.75, 3.05) is 0 Å². The van der Waals surface area contributed by atoms with Crippen LogP contribution in [0.5, 0.6) is 0 Å². The number of aryl methyl sites for hydroxylation is 2. The van der Waals surface area contributed by atoms with E-state index in [9.17, 15) is 5.26 Å². The van der Waals surface area contributed by atoms with Crippen molar-refractivity contribution in [2.45, 2.75) is 6.92 Å². The van der Waals surface area contributed by atoms with E-state index >= 15 is 0 Å². The molecule has 0 saturated heterocycles. The highest BCUT2D eigenvalue weighted by molar-refractivity contribution is 5.93. The van der Waals surface area contributed by atoms with Crippen LogP contribution >= 0.6 is 0 Å². The molecular formula is C15H12N4. The first-order valence-electron chi connectivity index (χ1n) is 5.98. The SMILES string of the molecule is Cc1cccc2c(C#N)c(-c3cnn(C)c3)ncc12. The van der Waals surface area contributed by atoms with Gasteiger partial charge >= 0.3 is 0 Å². The van der Waals surface area contributed by atoms with Gasteiger partial charge in [-0.1, -0.05) is 18.2 Å². The van der Waals surface area contributed by atoms with Gasteiger partial charge in [-0.3, -0.25) is 9.67 Å². The standard InChI is InChI=1S/C15H12N4/c1-10-4-3-5-12-13(6-16)15(17-8-14(10)12)11-7-18-19(2)9-11/h3-5,7-9H,1-2H3. The van der Waals surface area contributed by atoms with Crippen molar-refractivity contribution in [3.05, 3.63) is 47.9 Å². The second-order valence-corrected chi connectivity index (χ2v) is 4.53. The zero-order valence-electron chi connectivity index (χ0n) is 10.8. The van der Waals surface area contributed by atoms with Crippen LogP contribution in [-0.2, 0) is 7.05 Å². The van der Waals surface area contributed by atoms with Gasteiger partial charge in [-0.25, -0.2) is 0 Å². The molecule has 2 aromatic heterocycles. The molecule has 0 aliphatic heterocycles. The quantitative estimate of drug-likeness (QED) is 0.665. The van der Waals surface area contributed by atoms with Crippen LogP contribution in [0.3, 0.4) is 0 Å². The third-order valence-corrected chi connectivity index (χ3v) is 3.24. The second-order valence-electron chi connectivity index (χ2n) is 4.53. The van der Waals surface area contributed by atoms with Crippen LogP contribution in [0.4, 0.5) is 0 Å². The van der Waals surface area contributed by atoms with Crippen molar-refractivity contribution in [3.8, 4) is 17.3 Å². The summed E-state index contributed by atoms with van der Waals surface area (Å²) in [6.07, 6.45) is 5.42. The Balaban J connectivity index is 2.36. The maximum Gasteiger partial charge on any atom is 0.102 e. The summed E-state index contributed by atoms with van der Waals surface area (Å²) in [6.45, 7) is 2.02. The molecule has 0 unspecified atom stereocenters. The van der Waals surface area contributed by atoms with E-state index < -0.39 is 0 Å². The number of rotatable bonds is 1. The molecule has 0 aliphatic rings. The van der Waals surface area contributed by atoms with Gasteiger partial charge in [-0.2, -0.15) is 10.4 Å². The number of hydrogen-bond acceptors (Lipinski definition) is 3. The predicted octanol–water partition coefficient (Wildman–Crippen LogP) is 2.82. The van der Waals surface area contributed by atoms with Crippen molar-refractivity contribution < 1.29 is 0 Å². The Morgan fingerprint density at radius 1 is 1.21 bits per heavy atom. The molecule has 0 N–H and O–H groups in total. The molecule has 0 fully saturated rings. The Morgan fingerprint density at radius 3 is 2.74 bits per heavy atom. The van der Waals surface area contributed by atoms with E-state index in [2.05, 4.69) is 16.2 Å². The first-order valence-corrected chi connectivity index (χ1v) is 5.98. The van der Waals surface area contributed by atoms with E-state index in [4.69, 9.17) is 0 Å². The summed E-state index contributed by atoms with van der Waals surface area (Å²) in [5, 5.41) is 15.6. The van der Waals surface area contributed by atoms with Gasteiger partial charge in [0.25, 0.3) is 0 Å². The van der Waals surface area contributed by atoms with Gasteiger partial charge in [0.15, 0.2) is 0 Å². The lowest BCUT2D eigenvalue weighted by Crippen LogP contribution is -1.92. The number of fused-ring (bicyclic) bond motifs is 1. The fourth-order valence-electron chi connectivity index (χ4n) is 2.27. The normalized spacial score (nSPS) is 10.6. The number of hydrogen-bond donors (Lipinski definition) is 0. The third-order valence-electron chi connectivity index (χ3n) is 3.24. The monoisotopic (exact) mass is 248 g/mol. The zero-order chi connectivity index (χ0) is 13.4. The number of nitrogens with zero attached hydrogens (tertiary/aromatic N) is 4. The summed E-state index contributed by atoms with van der Waals surface area (Å²) in [4.78, 5) is 4.45. The third kappa shape index (κ3) is 1.76. The van der Waals surface area contributed by atoms with Crippen LogP contribution in [0, 0.1) is 18.3 Å². The molecule has 3 aromatic rings. The Kier molecular flexibility index (Phi) is 2.53. The molecule has 4 heteroatoms. The predicted molar refractivity (Wildman–Crippen MR) is 73.4 cm³/mol. The van der Waals surface area contributed by atoms with Crippen LogP contribution in [0.15, 0.2) is 36.8 Å². The minimum atomic E-state index is 0.606. The van der Waals surface area contributed by atoms with E-state index in [0.29, 0.717) is 11.3 Å².